The molecular formula is C15H26ClNO. The van der Waals surface area contributed by atoms with Crippen LogP contribution in [0.4, 0.5) is 0 Å². The fraction of sp³-hybridized carbons (Fsp3) is 0.600. The van der Waals surface area contributed by atoms with E-state index in [1.165, 1.54) is 12.0 Å². The van der Waals surface area contributed by atoms with Crippen LogP contribution in [0.1, 0.15) is 52.1 Å². The summed E-state index contributed by atoms with van der Waals surface area (Å²) in [6, 6.07) is 8.30. The van der Waals surface area contributed by atoms with E-state index in [4.69, 9.17) is 10.5 Å². The van der Waals surface area contributed by atoms with Crippen molar-refractivity contribution in [3.63, 3.8) is 0 Å². The number of nitrogens with two attached hydrogens (primary N) is 1. The minimum atomic E-state index is 0. The van der Waals surface area contributed by atoms with Crippen molar-refractivity contribution in [1.29, 1.82) is 0 Å². The molecule has 1 aromatic rings. The van der Waals surface area contributed by atoms with Crippen LogP contribution in [0.5, 0.6) is 5.75 Å². The third-order valence-corrected chi connectivity index (χ3v) is 2.74. The number of hydrogen-bond donors (Lipinski definition) is 1. The average molecular weight is 272 g/mol. The predicted molar refractivity (Wildman–Crippen MR) is 80.5 cm³/mol. The van der Waals surface area contributed by atoms with Crippen LogP contribution in [0.3, 0.4) is 0 Å². The van der Waals surface area contributed by atoms with E-state index in [0.29, 0.717) is 5.92 Å². The highest BCUT2D eigenvalue weighted by Crippen LogP contribution is 2.21. The molecule has 0 spiro atoms. The Balaban J connectivity index is 0.00000289. The first-order valence-corrected chi connectivity index (χ1v) is 6.51. The molecule has 0 bridgehead atoms. The number of ether oxygens (including phenoxy) is 1. The number of hydrogen-bond acceptors (Lipinski definition) is 2. The molecule has 0 aliphatic rings. The summed E-state index contributed by atoms with van der Waals surface area (Å²) in [5.74, 6) is 1.63. The SMILES string of the molecule is CC(C)CC[C@H](N)c1ccc(OC(C)C)cc1.Cl. The molecule has 1 atom stereocenters. The molecule has 0 heterocycles. The fourth-order valence-electron chi connectivity index (χ4n) is 1.75. The maximum Gasteiger partial charge on any atom is 0.119 e. The van der Waals surface area contributed by atoms with Gasteiger partial charge in [0.05, 0.1) is 6.10 Å². The third-order valence-electron chi connectivity index (χ3n) is 2.74. The van der Waals surface area contributed by atoms with E-state index < -0.39 is 0 Å². The Morgan fingerprint density at radius 2 is 1.56 bits per heavy atom. The van der Waals surface area contributed by atoms with E-state index in [1.54, 1.807) is 0 Å². The van der Waals surface area contributed by atoms with Crippen molar-refractivity contribution < 1.29 is 4.74 Å². The van der Waals surface area contributed by atoms with Crippen molar-refractivity contribution in [2.75, 3.05) is 0 Å². The lowest BCUT2D eigenvalue weighted by molar-refractivity contribution is 0.242. The molecule has 0 radical (unpaired) electrons. The highest BCUT2D eigenvalue weighted by Gasteiger charge is 2.07. The summed E-state index contributed by atoms with van der Waals surface area (Å²) >= 11 is 0. The zero-order valence-electron chi connectivity index (χ0n) is 11.8. The van der Waals surface area contributed by atoms with Gasteiger partial charge >= 0.3 is 0 Å². The molecule has 2 N–H and O–H groups in total. The molecule has 0 aliphatic carbocycles. The normalized spacial score (nSPS) is 12.4. The molecular weight excluding hydrogens is 246 g/mol. The first-order chi connectivity index (χ1) is 7.99. The Morgan fingerprint density at radius 1 is 1.00 bits per heavy atom. The summed E-state index contributed by atoms with van der Waals surface area (Å²) in [5, 5.41) is 0. The van der Waals surface area contributed by atoms with Crippen molar-refractivity contribution in [3.05, 3.63) is 29.8 Å². The van der Waals surface area contributed by atoms with Gasteiger partial charge in [0.25, 0.3) is 0 Å². The van der Waals surface area contributed by atoms with Crippen LogP contribution in [0, 0.1) is 5.92 Å². The monoisotopic (exact) mass is 271 g/mol. The summed E-state index contributed by atoms with van der Waals surface area (Å²) < 4.78 is 5.61. The van der Waals surface area contributed by atoms with Crippen molar-refractivity contribution in [3.8, 4) is 5.75 Å². The van der Waals surface area contributed by atoms with E-state index in [-0.39, 0.29) is 24.6 Å². The van der Waals surface area contributed by atoms with Gasteiger partial charge in [-0.25, -0.2) is 0 Å². The van der Waals surface area contributed by atoms with Crippen LogP contribution in [0.15, 0.2) is 24.3 Å². The lowest BCUT2D eigenvalue weighted by atomic mass is 9.98. The largest absolute Gasteiger partial charge is 0.491 e. The summed E-state index contributed by atoms with van der Waals surface area (Å²) in [5.41, 5.74) is 7.35. The summed E-state index contributed by atoms with van der Waals surface area (Å²) in [4.78, 5) is 0. The molecule has 1 rings (SSSR count). The Labute approximate surface area is 117 Å². The molecule has 0 saturated heterocycles. The molecule has 0 aromatic heterocycles. The maximum atomic E-state index is 6.15. The van der Waals surface area contributed by atoms with Crippen LogP contribution >= 0.6 is 12.4 Å². The Bertz CT molecular complexity index is 322. The number of benzene rings is 1. The Hall–Kier alpha value is -0.730. The maximum absolute atomic E-state index is 6.15. The van der Waals surface area contributed by atoms with Crippen LogP contribution in [-0.4, -0.2) is 6.10 Å². The molecule has 3 heteroatoms. The minimum Gasteiger partial charge on any atom is -0.491 e. The number of rotatable bonds is 6. The predicted octanol–water partition coefficient (Wildman–Crippen LogP) is 4.33. The van der Waals surface area contributed by atoms with Gasteiger partial charge in [0, 0.05) is 6.04 Å². The van der Waals surface area contributed by atoms with E-state index in [9.17, 15) is 0 Å². The first-order valence-electron chi connectivity index (χ1n) is 6.51. The topological polar surface area (TPSA) is 35.2 Å². The zero-order chi connectivity index (χ0) is 12.8. The van der Waals surface area contributed by atoms with Gasteiger partial charge in [0.2, 0.25) is 0 Å². The van der Waals surface area contributed by atoms with Gasteiger partial charge in [0.1, 0.15) is 5.75 Å². The van der Waals surface area contributed by atoms with Crippen LogP contribution < -0.4 is 10.5 Å². The second-order valence-electron chi connectivity index (χ2n) is 5.31. The Morgan fingerprint density at radius 3 is 2.00 bits per heavy atom. The molecule has 0 fully saturated rings. The van der Waals surface area contributed by atoms with Crippen molar-refractivity contribution >= 4 is 12.4 Å². The van der Waals surface area contributed by atoms with Crippen molar-refractivity contribution in [2.24, 2.45) is 11.7 Å². The minimum absolute atomic E-state index is 0. The molecule has 0 saturated carbocycles. The van der Waals surface area contributed by atoms with Crippen molar-refractivity contribution in [2.45, 2.75) is 52.7 Å². The highest BCUT2D eigenvalue weighted by molar-refractivity contribution is 5.85. The first kappa shape index (κ1) is 17.3. The fourth-order valence-corrected chi connectivity index (χ4v) is 1.75. The van der Waals surface area contributed by atoms with Gasteiger partial charge < -0.3 is 10.5 Å². The zero-order valence-corrected chi connectivity index (χ0v) is 12.7. The van der Waals surface area contributed by atoms with E-state index >= 15 is 0 Å². The average Bonchev–Trinajstić information content (AvgIpc) is 2.26. The van der Waals surface area contributed by atoms with Gasteiger partial charge in [-0.1, -0.05) is 26.0 Å². The molecule has 0 aliphatic heterocycles. The van der Waals surface area contributed by atoms with Gasteiger partial charge in [-0.05, 0) is 50.3 Å². The van der Waals surface area contributed by atoms with E-state index in [0.717, 1.165) is 12.2 Å². The third kappa shape index (κ3) is 6.27. The second kappa shape index (κ2) is 8.39. The molecule has 0 amide bonds. The van der Waals surface area contributed by atoms with E-state index in [1.807, 2.05) is 26.0 Å². The quantitative estimate of drug-likeness (QED) is 0.836. The molecule has 1 aromatic carbocycles. The molecule has 18 heavy (non-hydrogen) atoms. The van der Waals surface area contributed by atoms with Gasteiger partial charge in [0.15, 0.2) is 0 Å². The van der Waals surface area contributed by atoms with Gasteiger partial charge in [-0.3, -0.25) is 0 Å². The Kier molecular flexibility index (Phi) is 8.05. The van der Waals surface area contributed by atoms with Crippen molar-refractivity contribution in [1.82, 2.24) is 0 Å². The van der Waals surface area contributed by atoms with E-state index in [2.05, 4.69) is 26.0 Å². The highest BCUT2D eigenvalue weighted by atomic mass is 35.5. The smallest absolute Gasteiger partial charge is 0.119 e. The molecule has 104 valence electrons. The van der Waals surface area contributed by atoms with Gasteiger partial charge in [-0.2, -0.15) is 0 Å². The molecule has 2 nitrogen and oxygen atoms in total. The number of halogens is 1. The lowest BCUT2D eigenvalue weighted by Crippen LogP contribution is -2.11. The second-order valence-corrected chi connectivity index (χ2v) is 5.31. The summed E-state index contributed by atoms with van der Waals surface area (Å²) in [6.07, 6.45) is 2.43. The molecule has 0 unspecified atom stereocenters. The summed E-state index contributed by atoms with van der Waals surface area (Å²) in [6.45, 7) is 8.52. The van der Waals surface area contributed by atoms with Crippen LogP contribution in [0.2, 0.25) is 0 Å². The standard InChI is InChI=1S/C15H25NO.ClH/c1-11(2)5-10-15(16)13-6-8-14(9-7-13)17-12(3)4;/h6-9,11-12,15H,5,10,16H2,1-4H3;1H/t15-;/m0./s1. The lowest BCUT2D eigenvalue weighted by Gasteiger charge is -2.15. The van der Waals surface area contributed by atoms with Gasteiger partial charge in [-0.15, -0.1) is 12.4 Å². The van der Waals surface area contributed by atoms with Crippen LogP contribution in [-0.2, 0) is 0 Å². The van der Waals surface area contributed by atoms with Crippen LogP contribution in [0.25, 0.3) is 0 Å². The summed E-state index contributed by atoms with van der Waals surface area (Å²) in [7, 11) is 0.